The molecular formula is C12H11ClN2O. The molecule has 0 unspecified atom stereocenters. The number of rotatable bonds is 3. The minimum atomic E-state index is 0.459. The van der Waals surface area contributed by atoms with Crippen molar-refractivity contribution >= 4 is 11.6 Å². The van der Waals surface area contributed by atoms with Crippen molar-refractivity contribution in [3.8, 4) is 11.6 Å². The predicted molar refractivity (Wildman–Crippen MR) is 62.8 cm³/mol. The first-order valence-corrected chi connectivity index (χ1v) is 5.42. The lowest BCUT2D eigenvalue weighted by Gasteiger charge is -2.07. The second-order valence-corrected chi connectivity index (χ2v) is 3.66. The van der Waals surface area contributed by atoms with Crippen LogP contribution >= 0.6 is 11.6 Å². The van der Waals surface area contributed by atoms with Gasteiger partial charge in [0.25, 0.3) is 0 Å². The van der Waals surface area contributed by atoms with Crippen molar-refractivity contribution in [3.05, 3.63) is 47.9 Å². The quantitative estimate of drug-likeness (QED) is 0.765. The fraction of sp³-hybridized carbons (Fsp3) is 0.167. The molecule has 82 valence electrons. The number of pyridine rings is 2. The van der Waals surface area contributed by atoms with Gasteiger partial charge in [0.1, 0.15) is 5.75 Å². The first-order valence-electron chi connectivity index (χ1n) is 4.89. The van der Waals surface area contributed by atoms with Gasteiger partial charge in [-0.1, -0.05) is 0 Å². The van der Waals surface area contributed by atoms with Gasteiger partial charge >= 0.3 is 0 Å². The molecular weight excluding hydrogens is 224 g/mol. The average Bonchev–Trinajstić information content (AvgIpc) is 2.33. The zero-order chi connectivity index (χ0) is 11.4. The fourth-order valence-electron chi connectivity index (χ4n) is 1.32. The summed E-state index contributed by atoms with van der Waals surface area (Å²) in [6, 6.07) is 5.62. The van der Waals surface area contributed by atoms with Crippen molar-refractivity contribution in [1.29, 1.82) is 0 Å². The number of aryl methyl sites for hydroxylation is 1. The third kappa shape index (κ3) is 2.49. The molecule has 0 radical (unpaired) electrons. The van der Waals surface area contributed by atoms with Crippen LogP contribution in [0.15, 0.2) is 36.8 Å². The largest absolute Gasteiger partial charge is 0.437 e. The number of hydrogen-bond acceptors (Lipinski definition) is 3. The van der Waals surface area contributed by atoms with E-state index in [1.165, 1.54) is 0 Å². The summed E-state index contributed by atoms with van der Waals surface area (Å²) in [4.78, 5) is 8.18. The van der Waals surface area contributed by atoms with Gasteiger partial charge in [0.15, 0.2) is 0 Å². The van der Waals surface area contributed by atoms with E-state index in [0.29, 0.717) is 17.5 Å². The van der Waals surface area contributed by atoms with Gasteiger partial charge in [-0.2, -0.15) is 0 Å². The zero-order valence-corrected chi connectivity index (χ0v) is 9.61. The minimum absolute atomic E-state index is 0.459. The van der Waals surface area contributed by atoms with E-state index >= 15 is 0 Å². The van der Waals surface area contributed by atoms with Crippen molar-refractivity contribution in [2.75, 3.05) is 0 Å². The van der Waals surface area contributed by atoms with Crippen LogP contribution in [-0.4, -0.2) is 9.97 Å². The molecule has 0 saturated heterocycles. The van der Waals surface area contributed by atoms with Gasteiger partial charge in [-0.05, 0) is 30.7 Å². The van der Waals surface area contributed by atoms with Crippen LogP contribution in [0.5, 0.6) is 11.6 Å². The molecule has 0 atom stereocenters. The highest BCUT2D eigenvalue weighted by atomic mass is 35.5. The van der Waals surface area contributed by atoms with E-state index in [1.54, 1.807) is 18.6 Å². The van der Waals surface area contributed by atoms with Crippen LogP contribution < -0.4 is 4.74 Å². The normalized spacial score (nSPS) is 10.1. The summed E-state index contributed by atoms with van der Waals surface area (Å²) >= 11 is 5.72. The van der Waals surface area contributed by atoms with E-state index < -0.39 is 0 Å². The average molecular weight is 235 g/mol. The Bertz CT molecular complexity index is 474. The van der Waals surface area contributed by atoms with E-state index in [2.05, 4.69) is 9.97 Å². The lowest BCUT2D eigenvalue weighted by atomic mass is 10.2. The number of ether oxygens (including phenoxy) is 1. The van der Waals surface area contributed by atoms with Gasteiger partial charge in [-0.3, -0.25) is 4.98 Å². The molecule has 4 heteroatoms. The van der Waals surface area contributed by atoms with E-state index in [9.17, 15) is 0 Å². The Morgan fingerprint density at radius 1 is 1.38 bits per heavy atom. The monoisotopic (exact) mass is 234 g/mol. The van der Waals surface area contributed by atoms with Crippen LogP contribution in [0.1, 0.15) is 11.1 Å². The lowest BCUT2D eigenvalue weighted by molar-refractivity contribution is 0.456. The maximum atomic E-state index is 5.72. The topological polar surface area (TPSA) is 35.0 Å². The number of halogens is 1. The fourth-order valence-corrected chi connectivity index (χ4v) is 1.47. The van der Waals surface area contributed by atoms with Crippen molar-refractivity contribution in [2.24, 2.45) is 0 Å². The van der Waals surface area contributed by atoms with Crippen LogP contribution in [0.3, 0.4) is 0 Å². The highest BCUT2D eigenvalue weighted by Gasteiger charge is 2.03. The zero-order valence-electron chi connectivity index (χ0n) is 8.85. The Kier molecular flexibility index (Phi) is 3.37. The number of aromatic nitrogens is 2. The molecule has 16 heavy (non-hydrogen) atoms. The molecule has 0 fully saturated rings. The Labute approximate surface area is 99.1 Å². The molecule has 0 aliphatic rings. The maximum Gasteiger partial charge on any atom is 0.222 e. The predicted octanol–water partition coefficient (Wildman–Crippen LogP) is 3.32. The molecule has 0 aromatic carbocycles. The van der Waals surface area contributed by atoms with Crippen molar-refractivity contribution in [3.63, 3.8) is 0 Å². The summed E-state index contributed by atoms with van der Waals surface area (Å²) in [7, 11) is 0. The van der Waals surface area contributed by atoms with Crippen LogP contribution in [0.2, 0.25) is 0 Å². The van der Waals surface area contributed by atoms with E-state index in [1.807, 2.05) is 25.1 Å². The van der Waals surface area contributed by atoms with E-state index in [4.69, 9.17) is 16.3 Å². The SMILES string of the molecule is Cc1cc(CCl)cnc1Oc1cccnc1. The molecule has 2 aromatic rings. The van der Waals surface area contributed by atoms with E-state index in [0.717, 1.165) is 11.1 Å². The molecule has 0 amide bonds. The van der Waals surface area contributed by atoms with Gasteiger partial charge < -0.3 is 4.74 Å². The lowest BCUT2D eigenvalue weighted by Crippen LogP contribution is -1.93. The summed E-state index contributed by atoms with van der Waals surface area (Å²) in [6.45, 7) is 1.94. The number of alkyl halides is 1. The second-order valence-electron chi connectivity index (χ2n) is 3.39. The molecule has 0 aliphatic heterocycles. The first kappa shape index (κ1) is 10.9. The van der Waals surface area contributed by atoms with Crippen LogP contribution in [0.4, 0.5) is 0 Å². The highest BCUT2D eigenvalue weighted by Crippen LogP contribution is 2.22. The standard InChI is InChI=1S/C12H11ClN2O/c1-9-5-10(6-13)7-15-12(9)16-11-3-2-4-14-8-11/h2-5,7-8H,6H2,1H3. The second kappa shape index (κ2) is 4.94. The molecule has 0 aliphatic carbocycles. The molecule has 0 N–H and O–H groups in total. The molecule has 2 heterocycles. The van der Waals surface area contributed by atoms with Gasteiger partial charge in [0.05, 0.1) is 6.20 Å². The maximum absolute atomic E-state index is 5.72. The molecule has 0 bridgehead atoms. The van der Waals surface area contributed by atoms with Crippen LogP contribution in [-0.2, 0) is 5.88 Å². The molecule has 3 nitrogen and oxygen atoms in total. The Morgan fingerprint density at radius 2 is 2.25 bits per heavy atom. The molecule has 0 spiro atoms. The van der Waals surface area contributed by atoms with Crippen molar-refractivity contribution in [1.82, 2.24) is 9.97 Å². The third-order valence-corrected chi connectivity index (χ3v) is 2.40. The first-order chi connectivity index (χ1) is 7.79. The van der Waals surface area contributed by atoms with Crippen molar-refractivity contribution < 1.29 is 4.74 Å². The summed E-state index contributed by atoms with van der Waals surface area (Å²) in [6.07, 6.45) is 5.06. The minimum Gasteiger partial charge on any atom is -0.437 e. The number of hydrogen-bond donors (Lipinski definition) is 0. The van der Waals surface area contributed by atoms with Gasteiger partial charge in [0, 0.05) is 23.8 Å². The Hall–Kier alpha value is -1.61. The van der Waals surface area contributed by atoms with Gasteiger partial charge in [-0.25, -0.2) is 4.98 Å². The Morgan fingerprint density at radius 3 is 2.88 bits per heavy atom. The summed E-state index contributed by atoms with van der Waals surface area (Å²) < 4.78 is 5.59. The molecule has 0 saturated carbocycles. The third-order valence-electron chi connectivity index (χ3n) is 2.09. The van der Waals surface area contributed by atoms with Crippen LogP contribution in [0.25, 0.3) is 0 Å². The Balaban J connectivity index is 2.22. The molecule has 2 aromatic heterocycles. The number of nitrogens with zero attached hydrogens (tertiary/aromatic N) is 2. The summed E-state index contributed by atoms with van der Waals surface area (Å²) in [5, 5.41) is 0. The molecule has 2 rings (SSSR count). The summed E-state index contributed by atoms with van der Waals surface area (Å²) in [5.41, 5.74) is 1.94. The van der Waals surface area contributed by atoms with Gasteiger partial charge in [0.2, 0.25) is 5.88 Å². The van der Waals surface area contributed by atoms with Gasteiger partial charge in [-0.15, -0.1) is 11.6 Å². The van der Waals surface area contributed by atoms with Crippen LogP contribution in [0, 0.1) is 6.92 Å². The van der Waals surface area contributed by atoms with Crippen molar-refractivity contribution in [2.45, 2.75) is 12.8 Å². The smallest absolute Gasteiger partial charge is 0.222 e. The summed E-state index contributed by atoms with van der Waals surface area (Å²) in [5.74, 6) is 1.72. The highest BCUT2D eigenvalue weighted by molar-refractivity contribution is 6.17. The van der Waals surface area contributed by atoms with E-state index in [-0.39, 0.29) is 0 Å².